The van der Waals surface area contributed by atoms with E-state index in [1.54, 1.807) is 12.1 Å². The van der Waals surface area contributed by atoms with Crippen LogP contribution in [0.3, 0.4) is 0 Å². The summed E-state index contributed by atoms with van der Waals surface area (Å²) >= 11 is 13.5. The summed E-state index contributed by atoms with van der Waals surface area (Å²) in [6, 6.07) is 10.9. The number of benzene rings is 2. The number of hydrogen-bond acceptors (Lipinski definition) is 6. The van der Waals surface area contributed by atoms with Crippen molar-refractivity contribution in [3.63, 3.8) is 0 Å². The fraction of sp³-hybridized carbons (Fsp3) is 0.143. The summed E-state index contributed by atoms with van der Waals surface area (Å²) in [4.78, 5) is 16.6. The molecule has 2 aromatic rings. The molecule has 0 saturated carbocycles. The molecule has 2 heterocycles. The van der Waals surface area contributed by atoms with E-state index >= 15 is 0 Å². The highest BCUT2D eigenvalue weighted by atomic mass is 35.5. The molecule has 4 rings (SSSR count). The molecule has 0 spiro atoms. The van der Waals surface area contributed by atoms with Crippen molar-refractivity contribution in [1.82, 2.24) is 5.01 Å². The number of para-hydroxylation sites is 1. The number of ether oxygens (including phenoxy) is 2. The topological polar surface area (TPSA) is 87.3 Å². The zero-order valence-corrected chi connectivity index (χ0v) is 18.8. The van der Waals surface area contributed by atoms with Gasteiger partial charge in [0.1, 0.15) is 17.4 Å². The number of nitrogens with zero attached hydrogens (tertiary/aromatic N) is 3. The number of amidine groups is 2. The SMILES string of the molecule is COc1c(Cl)cc(C=C2C(=N)N3N=C(COc4ccccc4C)SC3=NC2=O)cc1Cl. The molecule has 0 aliphatic carbocycles. The number of nitrogens with one attached hydrogen (secondary N) is 1. The van der Waals surface area contributed by atoms with Crippen LogP contribution in [0, 0.1) is 12.3 Å². The largest absolute Gasteiger partial charge is 0.494 e. The van der Waals surface area contributed by atoms with Gasteiger partial charge in [0.15, 0.2) is 11.6 Å². The lowest BCUT2D eigenvalue weighted by Crippen LogP contribution is -2.35. The maximum absolute atomic E-state index is 12.6. The number of halogens is 2. The van der Waals surface area contributed by atoms with Gasteiger partial charge < -0.3 is 9.47 Å². The summed E-state index contributed by atoms with van der Waals surface area (Å²) in [5.74, 6) is 0.465. The van der Waals surface area contributed by atoms with Crippen molar-refractivity contribution in [3.05, 3.63) is 63.1 Å². The summed E-state index contributed by atoms with van der Waals surface area (Å²) in [5.41, 5.74) is 1.62. The molecular weight excluding hydrogens is 459 g/mol. The summed E-state index contributed by atoms with van der Waals surface area (Å²) in [5, 5.41) is 15.7. The molecule has 31 heavy (non-hydrogen) atoms. The van der Waals surface area contributed by atoms with Crippen molar-refractivity contribution in [2.24, 2.45) is 10.1 Å². The van der Waals surface area contributed by atoms with Gasteiger partial charge >= 0.3 is 0 Å². The zero-order valence-electron chi connectivity index (χ0n) is 16.5. The summed E-state index contributed by atoms with van der Waals surface area (Å²) in [6.07, 6.45) is 1.50. The van der Waals surface area contributed by atoms with E-state index in [9.17, 15) is 4.79 Å². The Hall–Kier alpha value is -2.81. The first-order valence-corrected chi connectivity index (χ1v) is 10.6. The van der Waals surface area contributed by atoms with Gasteiger partial charge in [-0.15, -0.1) is 0 Å². The van der Waals surface area contributed by atoms with Gasteiger partial charge in [-0.05, 0) is 54.1 Å². The number of fused-ring (bicyclic) bond motifs is 1. The lowest BCUT2D eigenvalue weighted by molar-refractivity contribution is -0.114. The van der Waals surface area contributed by atoms with Crippen LogP contribution >= 0.6 is 35.0 Å². The smallest absolute Gasteiger partial charge is 0.283 e. The normalized spacial score (nSPS) is 16.9. The second kappa shape index (κ2) is 8.74. The van der Waals surface area contributed by atoms with E-state index in [1.165, 1.54) is 30.0 Å². The molecule has 2 aromatic carbocycles. The number of aliphatic imine (C=N–C) groups is 1. The number of hydrazone groups is 1. The van der Waals surface area contributed by atoms with Crippen molar-refractivity contribution < 1.29 is 14.3 Å². The van der Waals surface area contributed by atoms with E-state index in [2.05, 4.69) is 10.1 Å². The molecule has 0 radical (unpaired) electrons. The molecule has 0 unspecified atom stereocenters. The van der Waals surface area contributed by atoms with Crippen molar-refractivity contribution in [1.29, 1.82) is 5.41 Å². The van der Waals surface area contributed by atoms with E-state index in [0.717, 1.165) is 11.3 Å². The minimum absolute atomic E-state index is 0.0754. The van der Waals surface area contributed by atoms with Crippen molar-refractivity contribution in [2.75, 3.05) is 13.7 Å². The van der Waals surface area contributed by atoms with E-state index in [-0.39, 0.29) is 18.0 Å². The molecule has 7 nitrogen and oxygen atoms in total. The van der Waals surface area contributed by atoms with Crippen molar-refractivity contribution >= 4 is 63.0 Å². The second-order valence-electron chi connectivity index (χ2n) is 6.59. The second-order valence-corrected chi connectivity index (χ2v) is 8.44. The number of carbonyl (C=O) groups excluding carboxylic acids is 1. The average Bonchev–Trinajstić information content (AvgIpc) is 3.13. The van der Waals surface area contributed by atoms with Crippen LogP contribution in [0.1, 0.15) is 11.1 Å². The highest BCUT2D eigenvalue weighted by Gasteiger charge is 2.35. The lowest BCUT2D eigenvalue weighted by atomic mass is 10.1. The minimum atomic E-state index is -0.539. The van der Waals surface area contributed by atoms with Gasteiger partial charge in [-0.3, -0.25) is 10.2 Å². The molecular formula is C21H16Cl2N4O3S. The van der Waals surface area contributed by atoms with Crippen LogP contribution < -0.4 is 9.47 Å². The van der Waals surface area contributed by atoms with Gasteiger partial charge in [0.2, 0.25) is 5.17 Å². The maximum atomic E-state index is 12.6. The minimum Gasteiger partial charge on any atom is -0.494 e. The van der Waals surface area contributed by atoms with Gasteiger partial charge in [-0.1, -0.05) is 41.4 Å². The van der Waals surface area contributed by atoms with Gasteiger partial charge in [-0.25, -0.2) is 0 Å². The highest BCUT2D eigenvalue weighted by molar-refractivity contribution is 8.27. The van der Waals surface area contributed by atoms with Gasteiger partial charge in [-0.2, -0.15) is 15.1 Å². The van der Waals surface area contributed by atoms with E-state index < -0.39 is 5.91 Å². The number of hydrogen-bond donors (Lipinski definition) is 1. The molecule has 2 aliphatic heterocycles. The summed E-state index contributed by atoms with van der Waals surface area (Å²) in [7, 11) is 1.46. The first-order chi connectivity index (χ1) is 14.9. The van der Waals surface area contributed by atoms with E-state index in [1.807, 2.05) is 31.2 Å². The third-order valence-electron chi connectivity index (χ3n) is 4.48. The lowest BCUT2D eigenvalue weighted by Gasteiger charge is -2.20. The molecule has 0 bridgehead atoms. The Morgan fingerprint density at radius 2 is 1.94 bits per heavy atom. The third kappa shape index (κ3) is 4.32. The van der Waals surface area contributed by atoms with Crippen LogP contribution in [-0.2, 0) is 4.79 Å². The molecule has 1 amide bonds. The Bertz CT molecular complexity index is 1170. The predicted octanol–water partition coefficient (Wildman–Crippen LogP) is 5.01. The molecule has 0 aromatic heterocycles. The Balaban J connectivity index is 1.56. The molecule has 0 atom stereocenters. The molecule has 10 heteroatoms. The Morgan fingerprint density at radius 1 is 1.23 bits per heavy atom. The van der Waals surface area contributed by atoms with E-state index in [4.69, 9.17) is 38.1 Å². The van der Waals surface area contributed by atoms with Crippen LogP contribution in [0.25, 0.3) is 6.08 Å². The molecule has 0 saturated heterocycles. The van der Waals surface area contributed by atoms with Crippen LogP contribution in [-0.4, -0.2) is 40.7 Å². The Kier molecular flexibility index (Phi) is 6.04. The standard InChI is InChI=1S/C21H16Cl2N4O3S/c1-11-5-3-4-6-16(11)30-10-17-26-27-19(24)13(20(28)25-21(27)31-17)7-12-8-14(22)18(29-2)15(23)9-12/h3-9,24H,10H2,1-2H3. The molecule has 158 valence electrons. The van der Waals surface area contributed by atoms with Gasteiger partial charge in [0.05, 0.1) is 22.7 Å². The van der Waals surface area contributed by atoms with Crippen molar-refractivity contribution in [2.45, 2.75) is 6.92 Å². The average molecular weight is 475 g/mol. The Morgan fingerprint density at radius 3 is 2.61 bits per heavy atom. The van der Waals surface area contributed by atoms with Crippen LogP contribution in [0.2, 0.25) is 10.0 Å². The summed E-state index contributed by atoms with van der Waals surface area (Å²) in [6.45, 7) is 2.16. The quantitative estimate of drug-likeness (QED) is 0.615. The summed E-state index contributed by atoms with van der Waals surface area (Å²) < 4.78 is 11.0. The zero-order chi connectivity index (χ0) is 22.1. The van der Waals surface area contributed by atoms with Gasteiger partial charge in [0.25, 0.3) is 5.91 Å². The van der Waals surface area contributed by atoms with Crippen molar-refractivity contribution in [3.8, 4) is 11.5 Å². The first kappa shape index (κ1) is 21.4. The number of carbonyl (C=O) groups is 1. The number of aryl methyl sites for hydroxylation is 1. The van der Waals surface area contributed by atoms with Crippen LogP contribution in [0.4, 0.5) is 0 Å². The monoisotopic (exact) mass is 474 g/mol. The van der Waals surface area contributed by atoms with Gasteiger partial charge in [0, 0.05) is 0 Å². The number of methoxy groups -OCH3 is 1. The maximum Gasteiger partial charge on any atom is 0.283 e. The highest BCUT2D eigenvalue weighted by Crippen LogP contribution is 2.35. The molecule has 0 fully saturated rings. The molecule has 1 N–H and O–H groups in total. The van der Waals surface area contributed by atoms with Crippen LogP contribution in [0.15, 0.2) is 52.1 Å². The number of amides is 1. The van der Waals surface area contributed by atoms with Crippen LogP contribution in [0.5, 0.6) is 11.5 Å². The fourth-order valence-electron chi connectivity index (χ4n) is 2.97. The third-order valence-corrected chi connectivity index (χ3v) is 5.92. The number of thioether (sulfide) groups is 1. The Labute approximate surface area is 192 Å². The van der Waals surface area contributed by atoms with E-state index in [0.29, 0.717) is 31.6 Å². The first-order valence-electron chi connectivity index (χ1n) is 9.08. The fourth-order valence-corrected chi connectivity index (χ4v) is 4.43. The predicted molar refractivity (Wildman–Crippen MR) is 125 cm³/mol. The number of rotatable bonds is 5. The molecule has 2 aliphatic rings.